The van der Waals surface area contributed by atoms with Crippen molar-refractivity contribution >= 4 is 17.0 Å². The van der Waals surface area contributed by atoms with Crippen LogP contribution in [0.5, 0.6) is 5.88 Å². The highest BCUT2D eigenvalue weighted by atomic mass is 19.4. The number of benzene rings is 3. The molecule has 0 radical (unpaired) electrons. The fourth-order valence-corrected chi connectivity index (χ4v) is 4.68. The van der Waals surface area contributed by atoms with E-state index in [1.807, 2.05) is 0 Å². The molecule has 5 rings (SSSR count). The minimum atomic E-state index is -5.08. The average Bonchev–Trinajstić information content (AvgIpc) is 3.33. The SMILES string of the molecule is COCCn1c(Cc2cc(F)c(-c3cccc(OCc4cc(F)c(C(F)(F)F)cc4F)n3)cc2F)nc2ccc(C(=O)O)cc21. The fourth-order valence-electron chi connectivity index (χ4n) is 4.68. The van der Waals surface area contributed by atoms with Gasteiger partial charge in [-0.2, -0.15) is 13.2 Å². The molecule has 1 N–H and O–H groups in total. The van der Waals surface area contributed by atoms with Crippen LogP contribution in [0.25, 0.3) is 22.3 Å². The normalized spacial score (nSPS) is 11.7. The van der Waals surface area contributed by atoms with Gasteiger partial charge in [-0.15, -0.1) is 0 Å². The Hall–Kier alpha value is -4.98. The number of carboxylic acids is 1. The van der Waals surface area contributed by atoms with E-state index < -0.39 is 53.1 Å². The molecule has 0 spiro atoms. The first-order valence-corrected chi connectivity index (χ1v) is 13.2. The predicted molar refractivity (Wildman–Crippen MR) is 147 cm³/mol. The maximum atomic E-state index is 15.4. The van der Waals surface area contributed by atoms with E-state index in [-0.39, 0.29) is 53.9 Å². The molecule has 0 aliphatic heterocycles. The zero-order valence-corrected chi connectivity index (χ0v) is 23.3. The summed E-state index contributed by atoms with van der Waals surface area (Å²) in [5.74, 6) is -5.66. The number of aromatic nitrogens is 3. The second kappa shape index (κ2) is 12.6. The maximum Gasteiger partial charge on any atom is 0.419 e. The zero-order valence-electron chi connectivity index (χ0n) is 23.3. The summed E-state index contributed by atoms with van der Waals surface area (Å²) >= 11 is 0. The summed E-state index contributed by atoms with van der Waals surface area (Å²) in [5, 5.41) is 9.37. The Kier molecular flexibility index (Phi) is 8.77. The van der Waals surface area contributed by atoms with Crippen molar-refractivity contribution in [2.75, 3.05) is 13.7 Å². The number of aromatic carboxylic acids is 1. The van der Waals surface area contributed by atoms with E-state index in [1.54, 1.807) is 4.57 Å². The number of ether oxygens (including phenoxy) is 2. The van der Waals surface area contributed by atoms with Gasteiger partial charge in [0.25, 0.3) is 0 Å². The molecule has 2 heterocycles. The molecular formula is C31H22F7N3O4. The van der Waals surface area contributed by atoms with Gasteiger partial charge in [-0.3, -0.25) is 0 Å². The maximum absolute atomic E-state index is 15.4. The Morgan fingerprint density at radius 1 is 0.889 bits per heavy atom. The van der Waals surface area contributed by atoms with Crippen LogP contribution in [0.2, 0.25) is 0 Å². The molecule has 2 aromatic heterocycles. The van der Waals surface area contributed by atoms with Crippen molar-refractivity contribution in [2.45, 2.75) is 25.7 Å². The lowest BCUT2D eigenvalue weighted by Gasteiger charge is -2.13. The number of alkyl halides is 3. The molecule has 0 saturated carbocycles. The van der Waals surface area contributed by atoms with Gasteiger partial charge in [-0.25, -0.2) is 32.3 Å². The number of pyridine rings is 1. The summed E-state index contributed by atoms with van der Waals surface area (Å²) in [6.07, 6.45) is -5.23. The van der Waals surface area contributed by atoms with Gasteiger partial charge in [-0.05, 0) is 54.1 Å². The van der Waals surface area contributed by atoms with Gasteiger partial charge in [0.2, 0.25) is 5.88 Å². The number of imidazole rings is 1. The molecule has 0 atom stereocenters. The van der Waals surface area contributed by atoms with Crippen LogP contribution in [-0.2, 0) is 30.5 Å². The fraction of sp³-hybridized carbons (Fsp3) is 0.194. The molecule has 45 heavy (non-hydrogen) atoms. The molecule has 0 amide bonds. The minimum Gasteiger partial charge on any atom is -0.478 e. The number of halogens is 7. The summed E-state index contributed by atoms with van der Waals surface area (Å²) < 4.78 is 109. The van der Waals surface area contributed by atoms with Crippen LogP contribution < -0.4 is 4.74 Å². The largest absolute Gasteiger partial charge is 0.478 e. The van der Waals surface area contributed by atoms with E-state index in [9.17, 15) is 31.9 Å². The summed E-state index contributed by atoms with van der Waals surface area (Å²) in [6, 6.07) is 10.7. The highest BCUT2D eigenvalue weighted by Gasteiger charge is 2.35. The van der Waals surface area contributed by atoms with E-state index >= 15 is 8.78 Å². The topological polar surface area (TPSA) is 86.5 Å². The molecule has 0 unspecified atom stereocenters. The summed E-state index contributed by atoms with van der Waals surface area (Å²) in [4.78, 5) is 20.0. The first-order chi connectivity index (χ1) is 21.3. The van der Waals surface area contributed by atoms with Crippen molar-refractivity contribution in [3.05, 3.63) is 112 Å². The van der Waals surface area contributed by atoms with Crippen LogP contribution in [0.3, 0.4) is 0 Å². The minimum absolute atomic E-state index is 0.0253. The molecule has 234 valence electrons. The first-order valence-electron chi connectivity index (χ1n) is 13.2. The lowest BCUT2D eigenvalue weighted by molar-refractivity contribution is -0.140. The molecular weight excluding hydrogens is 611 g/mol. The number of rotatable bonds is 10. The first kappa shape index (κ1) is 31.4. The molecule has 0 bridgehead atoms. The van der Waals surface area contributed by atoms with Crippen LogP contribution in [0.15, 0.2) is 60.7 Å². The zero-order chi connectivity index (χ0) is 32.5. The standard InChI is InChI=1S/C31H22F7N3O4/c1-44-8-7-41-27-11-16(30(42)43)5-6-26(27)39-28(41)12-17-9-23(34)19(13-21(17)32)25-3-2-4-29(40-25)45-15-18-10-24(35)20(14-22(18)33)31(36,37)38/h2-6,9-11,13-14H,7-8,12,15H2,1H3,(H,42,43). The molecule has 5 aromatic rings. The van der Waals surface area contributed by atoms with E-state index in [0.29, 0.717) is 22.9 Å². The Labute approximate surface area is 250 Å². The second-order valence-electron chi connectivity index (χ2n) is 9.85. The van der Waals surface area contributed by atoms with Crippen molar-refractivity contribution < 1.29 is 50.1 Å². The van der Waals surface area contributed by atoms with Crippen LogP contribution in [0.1, 0.15) is 32.9 Å². The van der Waals surface area contributed by atoms with Crippen LogP contribution in [0, 0.1) is 23.3 Å². The monoisotopic (exact) mass is 633 g/mol. The van der Waals surface area contributed by atoms with Gasteiger partial charge in [0, 0.05) is 37.3 Å². The van der Waals surface area contributed by atoms with Crippen molar-refractivity contribution in [1.29, 1.82) is 0 Å². The van der Waals surface area contributed by atoms with Crippen molar-refractivity contribution in [3.8, 4) is 17.1 Å². The van der Waals surface area contributed by atoms with Crippen LogP contribution >= 0.6 is 0 Å². The molecule has 3 aromatic carbocycles. The Morgan fingerprint density at radius 3 is 2.33 bits per heavy atom. The number of carboxylic acid groups (broad SMARTS) is 1. The molecule has 14 heteroatoms. The predicted octanol–water partition coefficient (Wildman–Crippen LogP) is 7.19. The summed E-state index contributed by atoms with van der Waals surface area (Å²) in [5.41, 5.74) is -1.65. The summed E-state index contributed by atoms with van der Waals surface area (Å²) in [6.45, 7) is -0.172. The molecule has 7 nitrogen and oxygen atoms in total. The molecule has 0 aliphatic carbocycles. The Balaban J connectivity index is 1.39. The van der Waals surface area contributed by atoms with Gasteiger partial charge >= 0.3 is 12.1 Å². The van der Waals surface area contributed by atoms with Crippen molar-refractivity contribution in [3.63, 3.8) is 0 Å². The number of nitrogens with zero attached hydrogens (tertiary/aromatic N) is 3. The number of fused-ring (bicyclic) bond motifs is 1. The third kappa shape index (κ3) is 6.75. The van der Waals surface area contributed by atoms with Crippen molar-refractivity contribution in [2.24, 2.45) is 0 Å². The smallest absolute Gasteiger partial charge is 0.419 e. The van der Waals surface area contributed by atoms with Crippen LogP contribution in [-0.4, -0.2) is 39.3 Å². The van der Waals surface area contributed by atoms with E-state index in [1.165, 1.54) is 43.5 Å². The number of hydrogen-bond acceptors (Lipinski definition) is 5. The Bertz CT molecular complexity index is 1910. The molecule has 0 saturated heterocycles. The summed E-state index contributed by atoms with van der Waals surface area (Å²) in [7, 11) is 1.48. The lowest BCUT2D eigenvalue weighted by Crippen LogP contribution is -2.11. The quantitative estimate of drug-likeness (QED) is 0.164. The lowest BCUT2D eigenvalue weighted by atomic mass is 10.0. The number of carbonyl (C=O) groups is 1. The molecule has 0 fully saturated rings. The van der Waals surface area contributed by atoms with E-state index in [2.05, 4.69) is 9.97 Å². The van der Waals surface area contributed by atoms with Gasteiger partial charge in [0.1, 0.15) is 35.7 Å². The highest BCUT2D eigenvalue weighted by molar-refractivity contribution is 5.92. The third-order valence-corrected chi connectivity index (χ3v) is 6.89. The van der Waals surface area contributed by atoms with Gasteiger partial charge in [-0.1, -0.05) is 6.07 Å². The van der Waals surface area contributed by atoms with Crippen molar-refractivity contribution in [1.82, 2.24) is 14.5 Å². The van der Waals surface area contributed by atoms with Gasteiger partial charge < -0.3 is 19.1 Å². The van der Waals surface area contributed by atoms with E-state index in [0.717, 1.165) is 12.1 Å². The van der Waals surface area contributed by atoms with Gasteiger partial charge in [0.15, 0.2) is 0 Å². The second-order valence-corrected chi connectivity index (χ2v) is 9.85. The number of methoxy groups -OCH3 is 1. The average molecular weight is 634 g/mol. The molecule has 0 aliphatic rings. The number of hydrogen-bond donors (Lipinski definition) is 1. The third-order valence-electron chi connectivity index (χ3n) is 6.89. The highest BCUT2D eigenvalue weighted by Crippen LogP contribution is 2.33. The Morgan fingerprint density at radius 2 is 1.62 bits per heavy atom. The van der Waals surface area contributed by atoms with Gasteiger partial charge in [0.05, 0.1) is 34.5 Å². The van der Waals surface area contributed by atoms with Crippen LogP contribution in [0.4, 0.5) is 30.7 Å². The van der Waals surface area contributed by atoms with E-state index in [4.69, 9.17) is 9.47 Å².